The van der Waals surface area contributed by atoms with Crippen LogP contribution < -0.4 is 0 Å². The molecule has 0 atom stereocenters. The van der Waals surface area contributed by atoms with Crippen molar-refractivity contribution < 1.29 is 36.4 Å². The van der Waals surface area contributed by atoms with Gasteiger partial charge in [-0.2, -0.15) is 12.2 Å². The number of allylic oxidation sites excluding steroid dienone is 8. The molecule has 2 N–H and O–H groups in total. The van der Waals surface area contributed by atoms with Crippen molar-refractivity contribution in [3.63, 3.8) is 0 Å². The van der Waals surface area contributed by atoms with Crippen molar-refractivity contribution in [1.29, 1.82) is 0 Å². The molecule has 2 aliphatic carbocycles. The molecule has 5 heteroatoms. The molecule has 0 unspecified atom stereocenters. The molecule has 0 aliphatic heterocycles. The Morgan fingerprint density at radius 2 is 1.17 bits per heavy atom. The minimum Gasteiger partial charge on any atom is -0.508 e. The minimum absolute atomic E-state index is 0. The Kier molecular flexibility index (Phi) is 12.1. The summed E-state index contributed by atoms with van der Waals surface area (Å²) in [7, 11) is 0. The van der Waals surface area contributed by atoms with Crippen LogP contribution in [0.2, 0.25) is 10.0 Å². The summed E-state index contributed by atoms with van der Waals surface area (Å²) in [6.07, 6.45) is 14.3. The van der Waals surface area contributed by atoms with Gasteiger partial charge >= 0.3 is 26.2 Å². The van der Waals surface area contributed by atoms with Gasteiger partial charge in [-0.25, -0.2) is 22.3 Å². The first-order chi connectivity index (χ1) is 13.8. The number of benzene rings is 2. The number of hydrogen-bond acceptors (Lipinski definition) is 2. The van der Waals surface area contributed by atoms with E-state index in [-0.39, 0.29) is 37.7 Å². The Morgan fingerprint density at radius 3 is 1.40 bits per heavy atom. The molecule has 0 aromatic heterocycles. The van der Waals surface area contributed by atoms with E-state index >= 15 is 0 Å². The second kappa shape index (κ2) is 13.7. The summed E-state index contributed by atoms with van der Waals surface area (Å²) >= 11 is 11.0. The van der Waals surface area contributed by atoms with Crippen molar-refractivity contribution in [3.8, 4) is 11.5 Å². The van der Waals surface area contributed by atoms with E-state index in [1.54, 1.807) is 36.4 Å². The Bertz CT molecular complexity index is 847. The summed E-state index contributed by atoms with van der Waals surface area (Å²) in [6, 6.07) is 12.9. The number of rotatable bonds is 2. The zero-order valence-electron chi connectivity index (χ0n) is 17.0. The first-order valence-corrected chi connectivity index (χ1v) is 10.0. The Labute approximate surface area is 208 Å². The van der Waals surface area contributed by atoms with Crippen LogP contribution in [-0.4, -0.2) is 10.2 Å². The van der Waals surface area contributed by atoms with Gasteiger partial charge in [-0.05, 0) is 36.4 Å². The molecule has 0 heterocycles. The SMILES string of the molecule is CC1=[C-]CC=C1CC1=CC[C-]=C1C.Oc1cccc(Cl)c1.Oc1cccc(Cl)c1.[Zr+2]. The summed E-state index contributed by atoms with van der Waals surface area (Å²) in [4.78, 5) is 0. The molecule has 0 saturated carbocycles. The van der Waals surface area contributed by atoms with Crippen LogP contribution in [0.3, 0.4) is 0 Å². The van der Waals surface area contributed by atoms with Gasteiger partial charge in [-0.15, -0.1) is 19.3 Å². The smallest absolute Gasteiger partial charge is 0.508 e. The maximum atomic E-state index is 8.73. The fourth-order valence-corrected chi connectivity index (χ4v) is 3.12. The van der Waals surface area contributed by atoms with Gasteiger partial charge in [0.05, 0.1) is 0 Å². The van der Waals surface area contributed by atoms with Crippen LogP contribution in [0.25, 0.3) is 0 Å². The summed E-state index contributed by atoms with van der Waals surface area (Å²) in [5.41, 5.74) is 5.57. The maximum absolute atomic E-state index is 8.73. The summed E-state index contributed by atoms with van der Waals surface area (Å²) in [5, 5.41) is 18.6. The van der Waals surface area contributed by atoms with Crippen molar-refractivity contribution in [3.05, 3.63) is 105 Å². The van der Waals surface area contributed by atoms with Crippen molar-refractivity contribution >= 4 is 23.2 Å². The number of hydrogen-bond donors (Lipinski definition) is 2. The molecule has 4 rings (SSSR count). The molecule has 0 radical (unpaired) electrons. The maximum Gasteiger partial charge on any atom is 2.00 e. The second-order valence-corrected chi connectivity index (χ2v) is 7.48. The molecule has 30 heavy (non-hydrogen) atoms. The van der Waals surface area contributed by atoms with Crippen molar-refractivity contribution in [1.82, 2.24) is 0 Å². The summed E-state index contributed by atoms with van der Waals surface area (Å²) in [5.74, 6) is 0.412. The summed E-state index contributed by atoms with van der Waals surface area (Å²) < 4.78 is 0. The van der Waals surface area contributed by atoms with Crippen LogP contribution in [-0.2, 0) is 26.2 Å². The van der Waals surface area contributed by atoms with Crippen LogP contribution in [0.15, 0.2) is 83.0 Å². The van der Waals surface area contributed by atoms with Gasteiger partial charge in [0.1, 0.15) is 11.5 Å². The van der Waals surface area contributed by atoms with Gasteiger partial charge in [0.2, 0.25) is 0 Å². The van der Waals surface area contributed by atoms with Crippen LogP contribution in [0.1, 0.15) is 33.1 Å². The third-order valence-corrected chi connectivity index (χ3v) is 4.86. The average molecular weight is 519 g/mol. The van der Waals surface area contributed by atoms with E-state index in [2.05, 4.69) is 38.2 Å². The molecule has 2 aromatic rings. The van der Waals surface area contributed by atoms with Gasteiger partial charge in [-0.3, -0.25) is 12.2 Å². The average Bonchev–Trinajstić information content (AvgIpc) is 3.25. The zero-order chi connectivity index (χ0) is 21.2. The molecular formula is C25H24Cl2O2Zr. The van der Waals surface area contributed by atoms with E-state index in [9.17, 15) is 0 Å². The van der Waals surface area contributed by atoms with Crippen LogP contribution in [0.4, 0.5) is 0 Å². The predicted molar refractivity (Wildman–Crippen MR) is 121 cm³/mol. The first kappa shape index (κ1) is 26.5. The molecule has 2 aliphatic rings. The largest absolute Gasteiger partial charge is 2.00 e. The third kappa shape index (κ3) is 9.52. The van der Waals surface area contributed by atoms with Gasteiger partial charge in [0.25, 0.3) is 0 Å². The number of phenols is 2. The molecule has 2 nitrogen and oxygen atoms in total. The number of phenolic OH excluding ortho intramolecular Hbond substituents is 2. The number of halogens is 2. The Morgan fingerprint density at radius 1 is 0.767 bits per heavy atom. The van der Waals surface area contributed by atoms with Gasteiger partial charge in [-0.1, -0.05) is 49.2 Å². The fraction of sp³-hybridized carbons (Fsp3) is 0.200. The molecule has 0 amide bonds. The van der Waals surface area contributed by atoms with E-state index in [0.717, 1.165) is 19.3 Å². The summed E-state index contributed by atoms with van der Waals surface area (Å²) in [6.45, 7) is 4.30. The third-order valence-electron chi connectivity index (χ3n) is 4.39. The molecule has 0 bridgehead atoms. The topological polar surface area (TPSA) is 40.5 Å². The normalized spacial score (nSPS) is 14.0. The Balaban J connectivity index is 0.000000233. The molecule has 0 fully saturated rings. The quantitative estimate of drug-likeness (QED) is 0.402. The van der Waals surface area contributed by atoms with Crippen LogP contribution >= 0.6 is 23.2 Å². The Hall–Kier alpha value is -1.54. The van der Waals surface area contributed by atoms with E-state index in [0.29, 0.717) is 10.0 Å². The fourth-order valence-electron chi connectivity index (χ4n) is 2.75. The standard InChI is InChI=1S/C13H14.2C6H5ClO.Zr/c1-10-5-3-7-12(10)9-13-8-4-6-11(13)2;2*7-5-2-1-3-6(8)4-5;/h7-8H,3-4,9H2,1-2H3;2*1-4,8H;/q-2;;;+2. The van der Waals surface area contributed by atoms with Gasteiger partial charge in [0, 0.05) is 10.0 Å². The van der Waals surface area contributed by atoms with Crippen molar-refractivity contribution in [2.24, 2.45) is 0 Å². The first-order valence-electron chi connectivity index (χ1n) is 9.28. The molecular weight excluding hydrogens is 494 g/mol. The van der Waals surface area contributed by atoms with Crippen LogP contribution in [0, 0.1) is 12.2 Å². The molecule has 2 aromatic carbocycles. The van der Waals surface area contributed by atoms with Crippen LogP contribution in [0.5, 0.6) is 11.5 Å². The van der Waals surface area contributed by atoms with Gasteiger partial charge < -0.3 is 10.2 Å². The van der Waals surface area contributed by atoms with E-state index < -0.39 is 0 Å². The second-order valence-electron chi connectivity index (χ2n) is 6.61. The van der Waals surface area contributed by atoms with Crippen molar-refractivity contribution in [2.75, 3.05) is 0 Å². The molecule has 0 spiro atoms. The molecule has 0 saturated heterocycles. The zero-order valence-corrected chi connectivity index (χ0v) is 21.0. The van der Waals surface area contributed by atoms with Crippen molar-refractivity contribution in [2.45, 2.75) is 33.1 Å². The van der Waals surface area contributed by atoms with Gasteiger partial charge in [0.15, 0.2) is 0 Å². The minimum atomic E-state index is 0. The molecule has 154 valence electrons. The van der Waals surface area contributed by atoms with E-state index in [1.165, 1.54) is 34.4 Å². The number of aromatic hydroxyl groups is 2. The van der Waals surface area contributed by atoms with E-state index in [1.807, 2.05) is 0 Å². The predicted octanol–water partition coefficient (Wildman–Crippen LogP) is 7.62. The van der Waals surface area contributed by atoms with E-state index in [4.69, 9.17) is 33.4 Å². The monoisotopic (exact) mass is 516 g/mol.